The van der Waals surface area contributed by atoms with Crippen molar-refractivity contribution in [1.29, 1.82) is 0 Å². The number of hydrogen-bond acceptors (Lipinski definition) is 5. The summed E-state index contributed by atoms with van der Waals surface area (Å²) in [6, 6.07) is 11.8. The van der Waals surface area contributed by atoms with Crippen LogP contribution in [0.15, 0.2) is 36.4 Å². The lowest BCUT2D eigenvalue weighted by atomic mass is 9.91. The van der Waals surface area contributed by atoms with Crippen LogP contribution in [-0.2, 0) is 9.53 Å². The first-order valence-corrected chi connectivity index (χ1v) is 10.5. The van der Waals surface area contributed by atoms with Crippen LogP contribution in [0.2, 0.25) is 0 Å². The fourth-order valence-corrected chi connectivity index (χ4v) is 4.03. The van der Waals surface area contributed by atoms with Gasteiger partial charge in [0.1, 0.15) is 5.75 Å². The van der Waals surface area contributed by atoms with Gasteiger partial charge in [0.2, 0.25) is 6.29 Å². The number of nitrogens with two attached hydrogens (primary N) is 1. The average molecular weight is 439 g/mol. The number of unbranched alkanes of at least 4 members (excludes halogenated alkanes) is 2. The largest absolute Gasteiger partial charge is 0.494 e. The molecule has 0 amide bonds. The predicted molar refractivity (Wildman–Crippen MR) is 111 cm³/mol. The highest BCUT2D eigenvalue weighted by Crippen LogP contribution is 2.42. The van der Waals surface area contributed by atoms with Gasteiger partial charge in [0.05, 0.1) is 12.1 Å². The first kappa shape index (κ1) is 23.3. The normalized spacial score (nSPS) is 22.5. The Morgan fingerprint density at radius 3 is 2.65 bits per heavy atom. The number of aliphatic hydroxyl groups is 1. The van der Waals surface area contributed by atoms with Crippen molar-refractivity contribution in [2.75, 3.05) is 6.61 Å². The molecule has 0 bridgehead atoms. The van der Waals surface area contributed by atoms with Crippen LogP contribution in [0.25, 0.3) is 10.8 Å². The molecule has 1 fully saturated rings. The number of hydrogen-bond donors (Lipinski definition) is 2. The van der Waals surface area contributed by atoms with Crippen molar-refractivity contribution in [2.24, 2.45) is 5.73 Å². The number of alkyl halides is 3. The summed E-state index contributed by atoms with van der Waals surface area (Å²) in [7, 11) is 0. The smallest absolute Gasteiger partial charge is 0.491 e. The molecule has 8 heteroatoms. The number of rotatable bonds is 8. The van der Waals surface area contributed by atoms with Crippen LogP contribution in [0.1, 0.15) is 56.9 Å². The zero-order chi connectivity index (χ0) is 22.6. The minimum absolute atomic E-state index is 0.0568. The van der Waals surface area contributed by atoms with E-state index in [1.54, 1.807) is 0 Å². The molecule has 1 unspecified atom stereocenters. The van der Waals surface area contributed by atoms with Gasteiger partial charge < -0.3 is 20.3 Å². The van der Waals surface area contributed by atoms with Crippen LogP contribution in [0.5, 0.6) is 5.75 Å². The molecule has 3 rings (SSSR count). The zero-order valence-corrected chi connectivity index (χ0v) is 17.5. The Morgan fingerprint density at radius 1 is 1.23 bits per heavy atom. The second kappa shape index (κ2) is 9.44. The molecule has 0 saturated heterocycles. The summed E-state index contributed by atoms with van der Waals surface area (Å²) in [5.41, 5.74) is 5.67. The van der Waals surface area contributed by atoms with Crippen LogP contribution >= 0.6 is 0 Å². The van der Waals surface area contributed by atoms with Crippen LogP contribution < -0.4 is 10.5 Å². The quantitative estimate of drug-likeness (QED) is 0.351. The second-order valence-electron chi connectivity index (χ2n) is 8.25. The van der Waals surface area contributed by atoms with Gasteiger partial charge in [-0.3, -0.25) is 0 Å². The summed E-state index contributed by atoms with van der Waals surface area (Å²) >= 11 is 0. The number of benzene rings is 2. The highest BCUT2D eigenvalue weighted by molar-refractivity contribution is 5.84. The first-order valence-electron chi connectivity index (χ1n) is 10.5. The van der Waals surface area contributed by atoms with E-state index in [1.807, 2.05) is 36.4 Å². The number of aliphatic hydroxyl groups excluding tert-OH is 1. The summed E-state index contributed by atoms with van der Waals surface area (Å²) in [4.78, 5) is 11.0. The van der Waals surface area contributed by atoms with Crippen molar-refractivity contribution < 1.29 is 32.5 Å². The maximum absolute atomic E-state index is 12.4. The minimum Gasteiger partial charge on any atom is -0.494 e. The number of ether oxygens (including phenoxy) is 2. The molecule has 2 aromatic carbocycles. The van der Waals surface area contributed by atoms with E-state index in [2.05, 4.69) is 11.7 Å². The Bertz CT molecular complexity index is 917. The molecule has 1 aliphatic rings. The molecule has 0 spiro atoms. The highest BCUT2D eigenvalue weighted by atomic mass is 19.4. The molecule has 1 aliphatic carbocycles. The SMILES string of the molecule is CCCCCOc1ccc2cc([C@@H]3CC[C@](N)(C(O)OC(=O)C(F)(F)F)C3)ccc2c1. The number of fused-ring (bicyclic) bond motifs is 1. The monoisotopic (exact) mass is 439 g/mol. The number of carbonyl (C=O) groups excluding carboxylic acids is 1. The van der Waals surface area contributed by atoms with Crippen molar-refractivity contribution in [3.8, 4) is 5.75 Å². The average Bonchev–Trinajstić information content (AvgIpc) is 3.13. The van der Waals surface area contributed by atoms with E-state index in [9.17, 15) is 23.1 Å². The molecular formula is C23H28F3NO4. The number of esters is 1. The topological polar surface area (TPSA) is 81.8 Å². The van der Waals surface area contributed by atoms with E-state index in [0.29, 0.717) is 13.0 Å². The molecule has 0 aromatic heterocycles. The lowest BCUT2D eigenvalue weighted by Gasteiger charge is -2.29. The van der Waals surface area contributed by atoms with E-state index in [0.717, 1.165) is 41.3 Å². The molecule has 170 valence electrons. The summed E-state index contributed by atoms with van der Waals surface area (Å²) in [6.07, 6.45) is -2.88. The molecule has 3 atom stereocenters. The Hall–Kier alpha value is -2.32. The van der Waals surface area contributed by atoms with Crippen molar-refractivity contribution in [1.82, 2.24) is 0 Å². The lowest BCUT2D eigenvalue weighted by molar-refractivity contribution is -0.227. The van der Waals surface area contributed by atoms with Crippen LogP contribution in [0, 0.1) is 0 Å². The maximum atomic E-state index is 12.4. The molecular weight excluding hydrogens is 411 g/mol. The van der Waals surface area contributed by atoms with Crippen LogP contribution in [-0.4, -0.2) is 35.7 Å². The van der Waals surface area contributed by atoms with Gasteiger partial charge >= 0.3 is 12.1 Å². The van der Waals surface area contributed by atoms with Crippen molar-refractivity contribution in [3.05, 3.63) is 42.0 Å². The van der Waals surface area contributed by atoms with Gasteiger partial charge in [-0.15, -0.1) is 0 Å². The van der Waals surface area contributed by atoms with Gasteiger partial charge in [0.25, 0.3) is 0 Å². The van der Waals surface area contributed by atoms with Gasteiger partial charge in [-0.05, 0) is 60.1 Å². The predicted octanol–water partition coefficient (Wildman–Crippen LogP) is 4.80. The number of carbonyl (C=O) groups is 1. The summed E-state index contributed by atoms with van der Waals surface area (Å²) < 4.78 is 47.2. The molecule has 0 heterocycles. The molecule has 31 heavy (non-hydrogen) atoms. The Balaban J connectivity index is 1.66. The standard InChI is InChI=1S/C23H28F3NO4/c1-2-3-4-11-30-19-8-7-15-12-16(5-6-17(15)13-19)18-9-10-22(27,14-18)20(28)31-21(29)23(24,25)26/h5-8,12-13,18,20,28H,2-4,9-11,14,27H2,1H3/t18-,20?,22-/m1/s1. The van der Waals surface area contributed by atoms with Crippen LogP contribution in [0.3, 0.4) is 0 Å². The van der Waals surface area contributed by atoms with Gasteiger partial charge in [0.15, 0.2) is 0 Å². The highest BCUT2D eigenvalue weighted by Gasteiger charge is 2.48. The van der Waals surface area contributed by atoms with E-state index in [4.69, 9.17) is 10.5 Å². The summed E-state index contributed by atoms with van der Waals surface area (Å²) in [6.45, 7) is 2.82. The molecule has 5 nitrogen and oxygen atoms in total. The van der Waals surface area contributed by atoms with E-state index >= 15 is 0 Å². The Labute approximate surface area is 179 Å². The molecule has 2 aromatic rings. The lowest BCUT2D eigenvalue weighted by Crippen LogP contribution is -2.51. The van der Waals surface area contributed by atoms with E-state index in [-0.39, 0.29) is 18.8 Å². The fourth-order valence-electron chi connectivity index (χ4n) is 4.03. The fraction of sp³-hybridized carbons (Fsp3) is 0.522. The second-order valence-corrected chi connectivity index (χ2v) is 8.25. The van der Waals surface area contributed by atoms with Gasteiger partial charge in [-0.25, -0.2) is 4.79 Å². The van der Waals surface area contributed by atoms with Gasteiger partial charge in [-0.2, -0.15) is 13.2 Å². The summed E-state index contributed by atoms with van der Waals surface area (Å²) in [5, 5.41) is 12.1. The molecule has 1 saturated carbocycles. The third-order valence-electron chi connectivity index (χ3n) is 5.85. The van der Waals surface area contributed by atoms with Gasteiger partial charge in [0, 0.05) is 0 Å². The van der Waals surface area contributed by atoms with E-state index < -0.39 is 24.0 Å². The Kier molecular flexibility index (Phi) is 7.11. The minimum atomic E-state index is -5.17. The third-order valence-corrected chi connectivity index (χ3v) is 5.85. The molecule has 3 N–H and O–H groups in total. The van der Waals surface area contributed by atoms with Crippen molar-refractivity contribution in [2.45, 2.75) is 69.4 Å². The summed E-state index contributed by atoms with van der Waals surface area (Å²) in [5.74, 6) is -1.68. The maximum Gasteiger partial charge on any atom is 0.491 e. The molecule has 0 radical (unpaired) electrons. The van der Waals surface area contributed by atoms with E-state index in [1.165, 1.54) is 0 Å². The van der Waals surface area contributed by atoms with Crippen molar-refractivity contribution >= 4 is 16.7 Å². The van der Waals surface area contributed by atoms with Crippen molar-refractivity contribution in [3.63, 3.8) is 0 Å². The first-order chi connectivity index (χ1) is 14.6. The Morgan fingerprint density at radius 2 is 1.94 bits per heavy atom. The van der Waals surface area contributed by atoms with Gasteiger partial charge in [-0.1, -0.05) is 44.0 Å². The molecule has 0 aliphatic heterocycles. The number of halogens is 3. The third kappa shape index (κ3) is 5.68. The van der Waals surface area contributed by atoms with Crippen LogP contribution in [0.4, 0.5) is 13.2 Å². The zero-order valence-electron chi connectivity index (χ0n) is 17.5.